The SMILES string of the molecule is CCN(CC)CCCNc1nc2sc3c(c2c2ncnn12)[C@@H](C)CCC3. The van der Waals surface area contributed by atoms with Gasteiger partial charge >= 0.3 is 0 Å². The molecule has 0 unspecified atom stereocenters. The minimum absolute atomic E-state index is 0.586. The zero-order valence-electron chi connectivity index (χ0n) is 16.0. The molecular weight excluding hydrogens is 344 g/mol. The Morgan fingerprint density at radius 2 is 2.19 bits per heavy atom. The molecule has 6 nitrogen and oxygen atoms in total. The fourth-order valence-corrected chi connectivity index (χ4v) is 5.39. The third-order valence-corrected chi connectivity index (χ3v) is 6.70. The van der Waals surface area contributed by atoms with Crippen molar-refractivity contribution in [2.45, 2.75) is 52.4 Å². The maximum Gasteiger partial charge on any atom is 0.227 e. The van der Waals surface area contributed by atoms with E-state index in [1.165, 1.54) is 35.1 Å². The molecule has 1 aliphatic carbocycles. The summed E-state index contributed by atoms with van der Waals surface area (Å²) in [5.74, 6) is 1.40. The molecule has 0 radical (unpaired) electrons. The van der Waals surface area contributed by atoms with E-state index in [9.17, 15) is 0 Å². The molecule has 0 saturated carbocycles. The number of hydrogen-bond acceptors (Lipinski definition) is 6. The second-order valence-corrected chi connectivity index (χ2v) is 8.23. The van der Waals surface area contributed by atoms with Crippen LogP contribution in [0.5, 0.6) is 0 Å². The van der Waals surface area contributed by atoms with E-state index in [-0.39, 0.29) is 0 Å². The Balaban J connectivity index is 1.63. The highest BCUT2D eigenvalue weighted by Crippen LogP contribution is 2.43. The lowest BCUT2D eigenvalue weighted by atomic mass is 9.87. The van der Waals surface area contributed by atoms with Gasteiger partial charge in [0.25, 0.3) is 0 Å². The largest absolute Gasteiger partial charge is 0.354 e. The molecule has 0 saturated heterocycles. The highest BCUT2D eigenvalue weighted by molar-refractivity contribution is 7.19. The Bertz CT molecular complexity index is 894. The minimum Gasteiger partial charge on any atom is -0.354 e. The predicted octanol–water partition coefficient (Wildman–Crippen LogP) is 3.92. The summed E-state index contributed by atoms with van der Waals surface area (Å²) in [4.78, 5) is 14.5. The van der Waals surface area contributed by atoms with Crippen LogP contribution in [0.4, 0.5) is 5.95 Å². The molecule has 26 heavy (non-hydrogen) atoms. The summed E-state index contributed by atoms with van der Waals surface area (Å²) in [5, 5.41) is 9.16. The fraction of sp³-hybridized carbons (Fsp3) is 0.632. The zero-order valence-corrected chi connectivity index (χ0v) is 16.8. The van der Waals surface area contributed by atoms with Gasteiger partial charge in [0.05, 0.1) is 5.39 Å². The van der Waals surface area contributed by atoms with Crippen LogP contribution in [0.25, 0.3) is 15.9 Å². The van der Waals surface area contributed by atoms with Gasteiger partial charge in [0, 0.05) is 11.4 Å². The second kappa shape index (κ2) is 7.48. The van der Waals surface area contributed by atoms with Crippen molar-refractivity contribution in [3.05, 3.63) is 16.8 Å². The van der Waals surface area contributed by atoms with Gasteiger partial charge in [0.2, 0.25) is 5.95 Å². The van der Waals surface area contributed by atoms with Gasteiger partial charge in [0.15, 0.2) is 5.65 Å². The first-order valence-electron chi connectivity index (χ1n) is 9.84. The summed E-state index contributed by atoms with van der Waals surface area (Å²) in [5.41, 5.74) is 2.42. The van der Waals surface area contributed by atoms with Crippen LogP contribution in [0.3, 0.4) is 0 Å². The number of rotatable bonds is 7. The van der Waals surface area contributed by atoms with Crippen LogP contribution in [0.15, 0.2) is 6.33 Å². The number of nitrogens with zero attached hydrogens (tertiary/aromatic N) is 5. The molecule has 0 fully saturated rings. The van der Waals surface area contributed by atoms with Gasteiger partial charge in [-0.2, -0.15) is 9.61 Å². The van der Waals surface area contributed by atoms with Crippen molar-refractivity contribution < 1.29 is 0 Å². The molecule has 1 atom stereocenters. The van der Waals surface area contributed by atoms with E-state index >= 15 is 0 Å². The Kier molecular flexibility index (Phi) is 5.09. The van der Waals surface area contributed by atoms with E-state index in [2.05, 4.69) is 41.1 Å². The summed E-state index contributed by atoms with van der Waals surface area (Å²) >= 11 is 1.85. The zero-order chi connectivity index (χ0) is 18.1. The monoisotopic (exact) mass is 372 g/mol. The molecule has 3 aromatic rings. The van der Waals surface area contributed by atoms with Gasteiger partial charge < -0.3 is 10.2 Å². The lowest BCUT2D eigenvalue weighted by Crippen LogP contribution is -2.25. The van der Waals surface area contributed by atoms with Gasteiger partial charge in [0.1, 0.15) is 11.2 Å². The molecule has 0 amide bonds. The summed E-state index contributed by atoms with van der Waals surface area (Å²) in [6.07, 6.45) is 6.45. The molecule has 3 aromatic heterocycles. The summed E-state index contributed by atoms with van der Waals surface area (Å²) in [6.45, 7) is 11.0. The van der Waals surface area contributed by atoms with E-state index in [4.69, 9.17) is 4.98 Å². The fourth-order valence-electron chi connectivity index (χ4n) is 4.06. The quantitative estimate of drug-likeness (QED) is 0.637. The van der Waals surface area contributed by atoms with E-state index in [1.807, 2.05) is 15.9 Å². The number of thiophene rings is 1. The lowest BCUT2D eigenvalue weighted by molar-refractivity contribution is 0.303. The summed E-state index contributed by atoms with van der Waals surface area (Å²) in [6, 6.07) is 0. The van der Waals surface area contributed by atoms with Crippen molar-refractivity contribution >= 4 is 33.1 Å². The summed E-state index contributed by atoms with van der Waals surface area (Å²) < 4.78 is 1.88. The van der Waals surface area contributed by atoms with Crippen molar-refractivity contribution in [2.75, 3.05) is 31.5 Å². The minimum atomic E-state index is 0.586. The van der Waals surface area contributed by atoms with E-state index in [1.54, 1.807) is 6.33 Å². The lowest BCUT2D eigenvalue weighted by Gasteiger charge is -2.19. The first kappa shape index (κ1) is 17.7. The summed E-state index contributed by atoms with van der Waals surface area (Å²) in [7, 11) is 0. The first-order valence-corrected chi connectivity index (χ1v) is 10.7. The van der Waals surface area contributed by atoms with Crippen LogP contribution < -0.4 is 5.32 Å². The van der Waals surface area contributed by atoms with Gasteiger partial charge in [-0.1, -0.05) is 20.8 Å². The normalized spacial score (nSPS) is 17.3. The number of fused-ring (bicyclic) bond motifs is 5. The van der Waals surface area contributed by atoms with Gasteiger partial charge in [-0.25, -0.2) is 9.97 Å². The third-order valence-electron chi connectivity index (χ3n) is 5.55. The molecule has 0 bridgehead atoms. The number of aryl methyl sites for hydroxylation is 1. The average molecular weight is 373 g/mol. The van der Waals surface area contributed by atoms with Gasteiger partial charge in [-0.15, -0.1) is 11.3 Å². The van der Waals surface area contributed by atoms with Crippen LogP contribution in [0, 0.1) is 0 Å². The Labute approximate surface area is 158 Å². The number of nitrogens with one attached hydrogen (secondary N) is 1. The number of aromatic nitrogens is 4. The number of hydrogen-bond donors (Lipinski definition) is 1. The highest BCUT2D eigenvalue weighted by atomic mass is 32.1. The molecule has 7 heteroatoms. The Morgan fingerprint density at radius 3 is 3.00 bits per heavy atom. The predicted molar refractivity (Wildman–Crippen MR) is 108 cm³/mol. The van der Waals surface area contributed by atoms with Crippen LogP contribution in [0.2, 0.25) is 0 Å². The molecule has 140 valence electrons. The van der Waals surface area contributed by atoms with E-state index in [0.29, 0.717) is 5.92 Å². The molecule has 0 spiro atoms. The third kappa shape index (κ3) is 3.07. The molecule has 0 aliphatic heterocycles. The smallest absolute Gasteiger partial charge is 0.227 e. The van der Waals surface area contributed by atoms with Crippen LogP contribution in [-0.2, 0) is 6.42 Å². The van der Waals surface area contributed by atoms with E-state index < -0.39 is 0 Å². The van der Waals surface area contributed by atoms with E-state index in [0.717, 1.165) is 49.0 Å². The molecule has 1 aliphatic rings. The topological polar surface area (TPSA) is 58.3 Å². The van der Waals surface area contributed by atoms with Crippen LogP contribution >= 0.6 is 11.3 Å². The highest BCUT2D eigenvalue weighted by Gasteiger charge is 2.25. The average Bonchev–Trinajstić information content (AvgIpc) is 3.26. The van der Waals surface area contributed by atoms with Crippen LogP contribution in [0.1, 0.15) is 56.4 Å². The molecule has 4 rings (SSSR count). The van der Waals surface area contributed by atoms with Crippen molar-refractivity contribution in [1.82, 2.24) is 24.5 Å². The maximum atomic E-state index is 4.93. The van der Waals surface area contributed by atoms with Crippen molar-refractivity contribution in [3.63, 3.8) is 0 Å². The molecule has 3 heterocycles. The van der Waals surface area contributed by atoms with Gasteiger partial charge in [-0.05, 0) is 56.8 Å². The van der Waals surface area contributed by atoms with Crippen molar-refractivity contribution in [3.8, 4) is 0 Å². The molecule has 1 N–H and O–H groups in total. The molecular formula is C19H28N6S. The number of anilines is 1. The van der Waals surface area contributed by atoms with Crippen molar-refractivity contribution in [1.29, 1.82) is 0 Å². The van der Waals surface area contributed by atoms with Crippen molar-refractivity contribution in [2.24, 2.45) is 0 Å². The Hall–Kier alpha value is -1.73. The second-order valence-electron chi connectivity index (χ2n) is 7.15. The van der Waals surface area contributed by atoms with Crippen LogP contribution in [-0.4, -0.2) is 50.7 Å². The molecule has 0 aromatic carbocycles. The van der Waals surface area contributed by atoms with Gasteiger partial charge in [-0.3, -0.25) is 0 Å². The Morgan fingerprint density at radius 1 is 1.35 bits per heavy atom. The first-order chi connectivity index (χ1) is 12.7. The maximum absolute atomic E-state index is 4.93. The standard InChI is InChI=1S/C19H28N6S/c1-4-24(5-2)11-7-10-20-19-23-18-16(17-21-12-22-25(17)19)15-13(3)8-6-9-14(15)26-18/h12-13H,4-11H2,1-3H3,(H,20,23)/t13-/m0/s1.